The molecule has 0 spiro atoms. The van der Waals surface area contributed by atoms with Crippen molar-refractivity contribution in [2.45, 2.75) is 50.8 Å². The van der Waals surface area contributed by atoms with Gasteiger partial charge in [0.15, 0.2) is 0 Å². The highest BCUT2D eigenvalue weighted by molar-refractivity contribution is 6.30. The molecule has 1 aliphatic carbocycles. The summed E-state index contributed by atoms with van der Waals surface area (Å²) in [7, 11) is 1.81. The Kier molecular flexibility index (Phi) is 5.04. The van der Waals surface area contributed by atoms with Crippen LogP contribution in [0.1, 0.15) is 44.2 Å². The molecule has 3 atom stereocenters. The Labute approximate surface area is 115 Å². The fourth-order valence-electron chi connectivity index (χ4n) is 2.76. The first kappa shape index (κ1) is 13.9. The van der Waals surface area contributed by atoms with E-state index in [-0.39, 0.29) is 0 Å². The molecule has 1 aliphatic rings. The molecule has 3 heteroatoms. The normalized spacial score (nSPS) is 25.9. The lowest BCUT2D eigenvalue weighted by Crippen LogP contribution is -2.44. The number of halogens is 1. The van der Waals surface area contributed by atoms with Gasteiger partial charge in [-0.15, -0.1) is 0 Å². The lowest BCUT2D eigenvalue weighted by molar-refractivity contribution is 0.0384. The van der Waals surface area contributed by atoms with Gasteiger partial charge >= 0.3 is 0 Å². The second-order valence-corrected chi connectivity index (χ2v) is 5.54. The van der Waals surface area contributed by atoms with Gasteiger partial charge in [0.2, 0.25) is 0 Å². The van der Waals surface area contributed by atoms with Crippen molar-refractivity contribution in [2.75, 3.05) is 7.11 Å². The Morgan fingerprint density at radius 2 is 2.11 bits per heavy atom. The second kappa shape index (κ2) is 6.55. The van der Waals surface area contributed by atoms with E-state index in [1.807, 2.05) is 25.3 Å². The van der Waals surface area contributed by atoms with Gasteiger partial charge < -0.3 is 10.1 Å². The van der Waals surface area contributed by atoms with Crippen molar-refractivity contribution in [1.82, 2.24) is 5.32 Å². The molecular weight excluding hydrogens is 246 g/mol. The number of nitrogens with one attached hydrogen (secondary N) is 1. The third kappa shape index (κ3) is 3.47. The lowest BCUT2D eigenvalue weighted by Gasteiger charge is -2.33. The smallest absolute Gasteiger partial charge is 0.0724 e. The molecule has 1 N–H and O–H groups in total. The van der Waals surface area contributed by atoms with Crippen molar-refractivity contribution >= 4 is 11.6 Å². The van der Waals surface area contributed by atoms with Crippen LogP contribution >= 0.6 is 11.6 Å². The minimum Gasteiger partial charge on any atom is -0.380 e. The van der Waals surface area contributed by atoms with Gasteiger partial charge in [-0.3, -0.25) is 0 Å². The molecule has 1 saturated carbocycles. The van der Waals surface area contributed by atoms with E-state index in [2.05, 4.69) is 18.3 Å². The maximum atomic E-state index is 6.04. The van der Waals surface area contributed by atoms with Gasteiger partial charge in [-0.2, -0.15) is 0 Å². The van der Waals surface area contributed by atoms with Crippen LogP contribution in [0.25, 0.3) is 0 Å². The minimum absolute atomic E-state index is 0.310. The average Bonchev–Trinajstić information content (AvgIpc) is 2.39. The van der Waals surface area contributed by atoms with Crippen LogP contribution in [-0.2, 0) is 4.74 Å². The molecule has 100 valence electrons. The summed E-state index contributed by atoms with van der Waals surface area (Å²) < 4.78 is 5.58. The average molecular weight is 268 g/mol. The van der Waals surface area contributed by atoms with Crippen LogP contribution in [0.4, 0.5) is 0 Å². The molecule has 0 heterocycles. The summed E-state index contributed by atoms with van der Waals surface area (Å²) in [6.45, 7) is 2.19. The van der Waals surface area contributed by atoms with E-state index >= 15 is 0 Å². The number of rotatable bonds is 4. The molecule has 0 saturated heterocycles. The summed E-state index contributed by atoms with van der Waals surface area (Å²) in [5.74, 6) is 0. The number of hydrogen-bond donors (Lipinski definition) is 1. The summed E-state index contributed by atoms with van der Waals surface area (Å²) >= 11 is 6.04. The van der Waals surface area contributed by atoms with Gasteiger partial charge in [-0.1, -0.05) is 36.6 Å². The van der Waals surface area contributed by atoms with Crippen LogP contribution in [0.15, 0.2) is 24.3 Å². The van der Waals surface area contributed by atoms with E-state index in [1.165, 1.54) is 24.8 Å². The Bertz CT molecular complexity index is 383. The van der Waals surface area contributed by atoms with Crippen LogP contribution < -0.4 is 5.32 Å². The van der Waals surface area contributed by atoms with Crippen molar-refractivity contribution < 1.29 is 4.74 Å². The fraction of sp³-hybridized carbons (Fsp3) is 0.600. The molecule has 0 radical (unpaired) electrons. The molecule has 2 nitrogen and oxygen atoms in total. The Balaban J connectivity index is 1.99. The van der Waals surface area contributed by atoms with Gasteiger partial charge in [-0.25, -0.2) is 0 Å². The standard InChI is InChI=1S/C15H22ClNO/c1-11(12-6-5-7-13(16)10-12)17-14-8-3-4-9-15(14)18-2/h5-7,10-11,14-15,17H,3-4,8-9H2,1-2H3/t11-,14?,15?/m0/s1. The molecule has 1 aromatic rings. The van der Waals surface area contributed by atoms with Crippen molar-refractivity contribution in [3.05, 3.63) is 34.9 Å². The highest BCUT2D eigenvalue weighted by Gasteiger charge is 2.26. The molecule has 0 aromatic heterocycles. The Hall–Kier alpha value is -0.570. The molecule has 2 rings (SSSR count). The molecular formula is C15H22ClNO. The second-order valence-electron chi connectivity index (χ2n) is 5.11. The maximum absolute atomic E-state index is 6.04. The van der Waals surface area contributed by atoms with Gasteiger partial charge in [0.05, 0.1) is 6.10 Å². The van der Waals surface area contributed by atoms with Gasteiger partial charge in [-0.05, 0) is 37.5 Å². The first-order chi connectivity index (χ1) is 8.70. The van der Waals surface area contributed by atoms with E-state index in [0.29, 0.717) is 18.2 Å². The van der Waals surface area contributed by atoms with Crippen molar-refractivity contribution in [3.8, 4) is 0 Å². The number of hydrogen-bond acceptors (Lipinski definition) is 2. The predicted molar refractivity (Wildman–Crippen MR) is 76.1 cm³/mol. The topological polar surface area (TPSA) is 21.3 Å². The van der Waals surface area contributed by atoms with E-state index in [0.717, 1.165) is 11.4 Å². The number of ether oxygens (including phenoxy) is 1. The van der Waals surface area contributed by atoms with Gasteiger partial charge in [0.1, 0.15) is 0 Å². The van der Waals surface area contributed by atoms with Crippen LogP contribution in [0.2, 0.25) is 5.02 Å². The van der Waals surface area contributed by atoms with Crippen molar-refractivity contribution in [2.24, 2.45) is 0 Å². The van der Waals surface area contributed by atoms with E-state index in [4.69, 9.17) is 16.3 Å². The molecule has 1 fully saturated rings. The molecule has 0 bridgehead atoms. The van der Waals surface area contributed by atoms with Crippen molar-refractivity contribution in [3.63, 3.8) is 0 Å². The summed E-state index contributed by atoms with van der Waals surface area (Å²) in [4.78, 5) is 0. The zero-order valence-corrected chi connectivity index (χ0v) is 11.9. The lowest BCUT2D eigenvalue weighted by atomic mass is 9.91. The van der Waals surface area contributed by atoms with Gasteiger partial charge in [0.25, 0.3) is 0 Å². The van der Waals surface area contributed by atoms with Crippen LogP contribution in [0, 0.1) is 0 Å². The predicted octanol–water partition coefficient (Wildman–Crippen LogP) is 3.95. The first-order valence-corrected chi connectivity index (χ1v) is 7.13. The summed E-state index contributed by atoms with van der Waals surface area (Å²) in [5, 5.41) is 4.48. The highest BCUT2D eigenvalue weighted by Crippen LogP contribution is 2.24. The molecule has 0 amide bonds. The highest BCUT2D eigenvalue weighted by atomic mass is 35.5. The van der Waals surface area contributed by atoms with E-state index < -0.39 is 0 Å². The summed E-state index contributed by atoms with van der Waals surface area (Å²) in [5.41, 5.74) is 1.24. The largest absolute Gasteiger partial charge is 0.380 e. The van der Waals surface area contributed by atoms with E-state index in [1.54, 1.807) is 0 Å². The Morgan fingerprint density at radius 3 is 2.83 bits per heavy atom. The Morgan fingerprint density at radius 1 is 1.33 bits per heavy atom. The van der Waals surface area contributed by atoms with Gasteiger partial charge in [0, 0.05) is 24.2 Å². The van der Waals surface area contributed by atoms with Crippen molar-refractivity contribution in [1.29, 1.82) is 0 Å². The van der Waals surface area contributed by atoms with Crippen LogP contribution in [0.5, 0.6) is 0 Å². The third-order valence-electron chi connectivity index (χ3n) is 3.82. The minimum atomic E-state index is 0.310. The quantitative estimate of drug-likeness (QED) is 0.892. The van der Waals surface area contributed by atoms with E-state index in [9.17, 15) is 0 Å². The third-order valence-corrected chi connectivity index (χ3v) is 4.05. The molecule has 0 aliphatic heterocycles. The first-order valence-electron chi connectivity index (χ1n) is 6.75. The van der Waals surface area contributed by atoms with Crippen LogP contribution in [0.3, 0.4) is 0 Å². The molecule has 1 aromatic carbocycles. The molecule has 2 unspecified atom stereocenters. The maximum Gasteiger partial charge on any atom is 0.0724 e. The zero-order valence-electron chi connectivity index (χ0n) is 11.2. The molecule has 18 heavy (non-hydrogen) atoms. The number of benzene rings is 1. The monoisotopic (exact) mass is 267 g/mol. The summed E-state index contributed by atoms with van der Waals surface area (Å²) in [6.07, 6.45) is 5.28. The zero-order chi connectivity index (χ0) is 13.0. The SMILES string of the molecule is COC1CCCCC1N[C@@H](C)c1cccc(Cl)c1. The summed E-state index contributed by atoms with van der Waals surface area (Å²) in [6, 6.07) is 8.83. The fourth-order valence-corrected chi connectivity index (χ4v) is 2.96. The van der Waals surface area contributed by atoms with Crippen LogP contribution in [-0.4, -0.2) is 19.3 Å². The number of methoxy groups -OCH3 is 1.